The summed E-state index contributed by atoms with van der Waals surface area (Å²) in [5.74, 6) is 1.87. The molecule has 0 radical (unpaired) electrons. The SMILES string of the molecule is CC(C)CC(NC(=O)CN(C)C)c1nnc2n1CCN(C(=O)C=Cc1ccccc1Cl)CC2. The van der Waals surface area contributed by atoms with E-state index in [9.17, 15) is 9.59 Å². The fourth-order valence-corrected chi connectivity index (χ4v) is 4.13. The van der Waals surface area contributed by atoms with E-state index < -0.39 is 0 Å². The van der Waals surface area contributed by atoms with Crippen LogP contribution in [0.1, 0.15) is 43.5 Å². The summed E-state index contributed by atoms with van der Waals surface area (Å²) in [6, 6.07) is 7.21. The maximum atomic E-state index is 12.8. The monoisotopic (exact) mass is 472 g/mol. The van der Waals surface area contributed by atoms with Crippen LogP contribution in [-0.2, 0) is 22.6 Å². The molecule has 33 heavy (non-hydrogen) atoms. The summed E-state index contributed by atoms with van der Waals surface area (Å²) in [6.07, 6.45) is 4.69. The van der Waals surface area contributed by atoms with Crippen molar-refractivity contribution in [2.75, 3.05) is 33.7 Å². The van der Waals surface area contributed by atoms with Crippen molar-refractivity contribution in [3.05, 3.63) is 52.6 Å². The van der Waals surface area contributed by atoms with Gasteiger partial charge < -0.3 is 19.7 Å². The number of carbonyl (C=O) groups is 2. The highest BCUT2D eigenvalue weighted by Gasteiger charge is 2.26. The number of likely N-dealkylation sites (N-methyl/N-ethyl adjacent to an activating group) is 1. The van der Waals surface area contributed by atoms with Gasteiger partial charge in [0.15, 0.2) is 5.82 Å². The van der Waals surface area contributed by atoms with Gasteiger partial charge in [-0.25, -0.2) is 0 Å². The van der Waals surface area contributed by atoms with Crippen molar-refractivity contribution in [3.63, 3.8) is 0 Å². The number of benzene rings is 1. The number of hydrogen-bond acceptors (Lipinski definition) is 5. The molecule has 8 nitrogen and oxygen atoms in total. The molecular weight excluding hydrogens is 440 g/mol. The Balaban J connectivity index is 1.71. The van der Waals surface area contributed by atoms with Crippen LogP contribution < -0.4 is 5.32 Å². The lowest BCUT2D eigenvalue weighted by Crippen LogP contribution is -2.37. The Hall–Kier alpha value is -2.71. The van der Waals surface area contributed by atoms with Gasteiger partial charge in [-0.2, -0.15) is 0 Å². The average Bonchev–Trinajstić information content (AvgIpc) is 3.02. The Morgan fingerprint density at radius 1 is 1.18 bits per heavy atom. The minimum absolute atomic E-state index is 0.0434. The molecule has 1 unspecified atom stereocenters. The van der Waals surface area contributed by atoms with E-state index in [1.54, 1.807) is 18.2 Å². The number of nitrogens with zero attached hydrogens (tertiary/aromatic N) is 5. The van der Waals surface area contributed by atoms with Crippen molar-refractivity contribution in [1.29, 1.82) is 0 Å². The fraction of sp³-hybridized carbons (Fsp3) is 0.500. The quantitative estimate of drug-likeness (QED) is 0.597. The van der Waals surface area contributed by atoms with Gasteiger partial charge in [0, 0.05) is 37.2 Å². The first-order chi connectivity index (χ1) is 15.7. The summed E-state index contributed by atoms with van der Waals surface area (Å²) in [7, 11) is 3.73. The predicted octanol–water partition coefficient (Wildman–Crippen LogP) is 2.79. The summed E-state index contributed by atoms with van der Waals surface area (Å²) < 4.78 is 2.06. The summed E-state index contributed by atoms with van der Waals surface area (Å²) in [4.78, 5) is 28.9. The van der Waals surface area contributed by atoms with Crippen LogP contribution in [0.5, 0.6) is 0 Å². The van der Waals surface area contributed by atoms with E-state index in [2.05, 4.69) is 33.9 Å². The predicted molar refractivity (Wildman–Crippen MR) is 130 cm³/mol. The standard InChI is InChI=1S/C24H33ClN6O2/c1-17(2)15-20(26-22(32)16-29(3)4)24-28-27-21-11-12-30(13-14-31(21)24)23(33)10-9-18-7-5-6-8-19(18)25/h5-10,17,20H,11-16H2,1-4H3,(H,26,32). The zero-order chi connectivity index (χ0) is 24.0. The maximum absolute atomic E-state index is 12.8. The van der Waals surface area contributed by atoms with Crippen molar-refractivity contribution >= 4 is 29.5 Å². The van der Waals surface area contributed by atoms with Crippen molar-refractivity contribution < 1.29 is 9.59 Å². The topological polar surface area (TPSA) is 83.4 Å². The number of halogens is 1. The number of carbonyl (C=O) groups excluding carboxylic acids is 2. The zero-order valence-corrected chi connectivity index (χ0v) is 20.5. The molecule has 0 spiro atoms. The number of hydrogen-bond donors (Lipinski definition) is 1. The molecule has 3 rings (SSSR count). The van der Waals surface area contributed by atoms with Crippen LogP contribution in [0.25, 0.3) is 6.08 Å². The Morgan fingerprint density at radius 3 is 2.64 bits per heavy atom. The molecule has 178 valence electrons. The highest BCUT2D eigenvalue weighted by molar-refractivity contribution is 6.32. The van der Waals surface area contributed by atoms with Gasteiger partial charge in [-0.15, -0.1) is 10.2 Å². The van der Waals surface area contributed by atoms with Crippen LogP contribution in [0, 0.1) is 5.92 Å². The number of fused-ring (bicyclic) bond motifs is 1. The van der Waals surface area contributed by atoms with Crippen LogP contribution in [-0.4, -0.2) is 70.1 Å². The molecule has 0 bridgehead atoms. The van der Waals surface area contributed by atoms with E-state index in [1.807, 2.05) is 42.1 Å². The highest BCUT2D eigenvalue weighted by atomic mass is 35.5. The van der Waals surface area contributed by atoms with Gasteiger partial charge in [-0.1, -0.05) is 43.6 Å². The van der Waals surface area contributed by atoms with Gasteiger partial charge in [0.1, 0.15) is 5.82 Å². The molecule has 0 saturated heterocycles. The molecule has 0 fully saturated rings. The molecule has 1 aromatic heterocycles. The molecule has 9 heteroatoms. The van der Waals surface area contributed by atoms with E-state index >= 15 is 0 Å². The van der Waals surface area contributed by atoms with Crippen molar-refractivity contribution in [2.24, 2.45) is 5.92 Å². The van der Waals surface area contributed by atoms with Gasteiger partial charge in [0.2, 0.25) is 11.8 Å². The summed E-state index contributed by atoms with van der Waals surface area (Å²) in [6.45, 7) is 6.25. The first kappa shape index (κ1) is 24.9. The third kappa shape index (κ3) is 6.88. The van der Waals surface area contributed by atoms with Crippen LogP contribution in [0.15, 0.2) is 30.3 Å². The maximum Gasteiger partial charge on any atom is 0.246 e. The highest BCUT2D eigenvalue weighted by Crippen LogP contribution is 2.22. The first-order valence-corrected chi connectivity index (χ1v) is 11.7. The third-order valence-electron chi connectivity index (χ3n) is 5.49. The van der Waals surface area contributed by atoms with Crippen LogP contribution >= 0.6 is 11.6 Å². The molecule has 1 N–H and O–H groups in total. The van der Waals surface area contributed by atoms with E-state index in [-0.39, 0.29) is 17.9 Å². The molecular formula is C24H33ClN6O2. The fourth-order valence-electron chi connectivity index (χ4n) is 3.93. The molecule has 1 aliphatic rings. The summed E-state index contributed by atoms with van der Waals surface area (Å²) in [5, 5.41) is 12.6. The number of rotatable bonds is 8. The zero-order valence-electron chi connectivity index (χ0n) is 19.8. The van der Waals surface area contributed by atoms with E-state index in [0.717, 1.165) is 23.6 Å². The van der Waals surface area contributed by atoms with E-state index in [1.165, 1.54) is 0 Å². The van der Waals surface area contributed by atoms with E-state index in [4.69, 9.17) is 11.6 Å². The minimum Gasteiger partial charge on any atom is -0.345 e. The van der Waals surface area contributed by atoms with Gasteiger partial charge in [-0.05, 0) is 44.1 Å². The lowest BCUT2D eigenvalue weighted by atomic mass is 10.0. The largest absolute Gasteiger partial charge is 0.345 e. The molecule has 2 heterocycles. The van der Waals surface area contributed by atoms with E-state index in [0.29, 0.717) is 43.5 Å². The van der Waals surface area contributed by atoms with Gasteiger partial charge in [-0.3, -0.25) is 9.59 Å². The Labute approximate surface area is 200 Å². The first-order valence-electron chi connectivity index (χ1n) is 11.3. The van der Waals surface area contributed by atoms with Crippen LogP contribution in [0.3, 0.4) is 0 Å². The van der Waals surface area contributed by atoms with Gasteiger partial charge in [0.25, 0.3) is 0 Å². The lowest BCUT2D eigenvalue weighted by molar-refractivity contribution is -0.126. The lowest BCUT2D eigenvalue weighted by Gasteiger charge is -2.22. The third-order valence-corrected chi connectivity index (χ3v) is 5.84. The smallest absolute Gasteiger partial charge is 0.246 e. The molecule has 1 atom stereocenters. The number of nitrogens with one attached hydrogen (secondary N) is 1. The van der Waals surface area contributed by atoms with Gasteiger partial charge >= 0.3 is 0 Å². The van der Waals surface area contributed by atoms with Gasteiger partial charge in [0.05, 0.1) is 12.6 Å². The second-order valence-electron chi connectivity index (χ2n) is 9.04. The summed E-state index contributed by atoms with van der Waals surface area (Å²) in [5.41, 5.74) is 0.812. The molecule has 2 amide bonds. The molecule has 0 saturated carbocycles. The average molecular weight is 473 g/mol. The normalized spacial score (nSPS) is 15.1. The molecule has 0 aliphatic carbocycles. The molecule has 1 aromatic carbocycles. The molecule has 1 aliphatic heterocycles. The summed E-state index contributed by atoms with van der Waals surface area (Å²) >= 11 is 6.19. The second-order valence-corrected chi connectivity index (χ2v) is 9.45. The second kappa shape index (κ2) is 11.4. The van der Waals surface area contributed by atoms with Crippen LogP contribution in [0.4, 0.5) is 0 Å². The van der Waals surface area contributed by atoms with Crippen molar-refractivity contribution in [3.8, 4) is 0 Å². The van der Waals surface area contributed by atoms with Crippen molar-refractivity contribution in [1.82, 2.24) is 29.9 Å². The van der Waals surface area contributed by atoms with Crippen LogP contribution in [0.2, 0.25) is 5.02 Å². The minimum atomic E-state index is -0.221. The Bertz CT molecular complexity index is 1000. The number of amides is 2. The number of aromatic nitrogens is 3. The van der Waals surface area contributed by atoms with Crippen molar-refractivity contribution in [2.45, 2.75) is 39.3 Å². The Morgan fingerprint density at radius 2 is 1.94 bits per heavy atom. The molecule has 2 aromatic rings. The Kier molecular flexibility index (Phi) is 8.63.